The molecule has 0 radical (unpaired) electrons. The van der Waals surface area contributed by atoms with Crippen molar-refractivity contribution >= 4 is 5.97 Å². The lowest BCUT2D eigenvalue weighted by atomic mass is 9.67. The molecule has 0 heterocycles. The quantitative estimate of drug-likeness (QED) is 0.607. The number of esters is 1. The van der Waals surface area contributed by atoms with Crippen LogP contribution in [0.2, 0.25) is 0 Å². The predicted molar refractivity (Wildman–Crippen MR) is 67.5 cm³/mol. The highest BCUT2D eigenvalue weighted by Gasteiger charge is 2.43. The fraction of sp³-hybridized carbons (Fsp3) is 0.786. The molecule has 0 aliphatic heterocycles. The first-order valence-corrected chi connectivity index (χ1v) is 6.42. The molecule has 3 heteroatoms. The Morgan fingerprint density at radius 1 is 1.53 bits per heavy atom. The number of ether oxygens (including phenoxy) is 1. The number of carbonyl (C=O) groups excluding carboxylic acids is 1. The Bertz CT molecular complexity index is 298. The maximum absolute atomic E-state index is 11.6. The number of rotatable bonds is 4. The summed E-state index contributed by atoms with van der Waals surface area (Å²) in [6, 6.07) is 0. The van der Waals surface area contributed by atoms with E-state index in [9.17, 15) is 9.90 Å². The molecule has 98 valence electrons. The van der Waals surface area contributed by atoms with Crippen molar-refractivity contribution in [3.8, 4) is 0 Å². The van der Waals surface area contributed by atoms with Crippen LogP contribution < -0.4 is 0 Å². The van der Waals surface area contributed by atoms with Crippen LogP contribution in [0.5, 0.6) is 0 Å². The monoisotopic (exact) mass is 240 g/mol. The Morgan fingerprint density at radius 3 is 2.71 bits per heavy atom. The third kappa shape index (κ3) is 3.56. The van der Waals surface area contributed by atoms with Crippen molar-refractivity contribution in [1.29, 1.82) is 0 Å². The van der Waals surface area contributed by atoms with Crippen LogP contribution in [0.1, 0.15) is 46.5 Å². The van der Waals surface area contributed by atoms with E-state index in [2.05, 4.69) is 13.5 Å². The smallest absolute Gasteiger partial charge is 0.308 e. The van der Waals surface area contributed by atoms with E-state index >= 15 is 0 Å². The zero-order valence-electron chi connectivity index (χ0n) is 11.2. The van der Waals surface area contributed by atoms with E-state index in [1.165, 1.54) is 0 Å². The first-order valence-electron chi connectivity index (χ1n) is 6.42. The fourth-order valence-electron chi connectivity index (χ4n) is 2.93. The highest BCUT2D eigenvalue weighted by Crippen LogP contribution is 2.42. The molecule has 0 saturated heterocycles. The van der Waals surface area contributed by atoms with Gasteiger partial charge in [0.2, 0.25) is 0 Å². The van der Waals surface area contributed by atoms with Gasteiger partial charge in [0.15, 0.2) is 0 Å². The molecule has 0 aromatic carbocycles. The van der Waals surface area contributed by atoms with Crippen LogP contribution in [0.3, 0.4) is 0 Å². The molecule has 0 spiro atoms. The summed E-state index contributed by atoms with van der Waals surface area (Å²) >= 11 is 0. The van der Waals surface area contributed by atoms with Gasteiger partial charge in [0.25, 0.3) is 0 Å². The molecule has 0 unspecified atom stereocenters. The lowest BCUT2D eigenvalue weighted by Crippen LogP contribution is -2.45. The van der Waals surface area contributed by atoms with Gasteiger partial charge in [-0.15, -0.1) is 0 Å². The molecular formula is C14H24O3. The molecule has 0 aromatic rings. The predicted octanol–water partition coefficient (Wildman–Crippen LogP) is 2.68. The van der Waals surface area contributed by atoms with Crippen molar-refractivity contribution in [1.82, 2.24) is 0 Å². The minimum atomic E-state index is -0.963. The Morgan fingerprint density at radius 2 is 2.18 bits per heavy atom. The average Bonchev–Trinajstić information content (AvgIpc) is 2.15. The van der Waals surface area contributed by atoms with Crippen molar-refractivity contribution < 1.29 is 14.6 Å². The minimum Gasteiger partial charge on any atom is -0.466 e. The fourth-order valence-corrected chi connectivity index (χ4v) is 2.93. The van der Waals surface area contributed by atoms with Crippen molar-refractivity contribution in [2.24, 2.45) is 11.8 Å². The average molecular weight is 240 g/mol. The van der Waals surface area contributed by atoms with E-state index in [4.69, 9.17) is 4.74 Å². The molecular weight excluding hydrogens is 216 g/mol. The van der Waals surface area contributed by atoms with Crippen LogP contribution in [-0.2, 0) is 9.53 Å². The van der Waals surface area contributed by atoms with E-state index in [-0.39, 0.29) is 18.3 Å². The topological polar surface area (TPSA) is 46.5 Å². The molecule has 1 N–H and O–H groups in total. The van der Waals surface area contributed by atoms with Gasteiger partial charge in [0, 0.05) is 5.92 Å². The molecule has 3 nitrogen and oxygen atoms in total. The van der Waals surface area contributed by atoms with Gasteiger partial charge >= 0.3 is 5.97 Å². The summed E-state index contributed by atoms with van der Waals surface area (Å²) in [6.07, 6.45) is 2.74. The van der Waals surface area contributed by atoms with Gasteiger partial charge in [-0.1, -0.05) is 19.1 Å². The minimum absolute atomic E-state index is 0.0168. The van der Waals surface area contributed by atoms with E-state index in [1.54, 1.807) is 6.92 Å². The van der Waals surface area contributed by atoms with Gasteiger partial charge in [-0.2, -0.15) is 0 Å². The van der Waals surface area contributed by atoms with Gasteiger partial charge in [-0.25, -0.2) is 0 Å². The third-order valence-electron chi connectivity index (χ3n) is 3.65. The SMILES string of the molecule is C=C(C)[C@@H]1CC[C@@H](C)C[C@@]1(O)CC(=O)OCC. The molecule has 1 fully saturated rings. The van der Waals surface area contributed by atoms with Gasteiger partial charge in [0.1, 0.15) is 0 Å². The second-order valence-electron chi connectivity index (χ2n) is 5.37. The Balaban J connectivity index is 2.78. The second kappa shape index (κ2) is 5.67. The lowest BCUT2D eigenvalue weighted by molar-refractivity contribution is -0.153. The maximum atomic E-state index is 11.6. The molecule has 0 bridgehead atoms. The van der Waals surface area contributed by atoms with Crippen LogP contribution in [0.15, 0.2) is 12.2 Å². The molecule has 1 aliphatic carbocycles. The summed E-state index contributed by atoms with van der Waals surface area (Å²) < 4.78 is 4.94. The summed E-state index contributed by atoms with van der Waals surface area (Å²) in [5.41, 5.74) is -0.000788. The second-order valence-corrected chi connectivity index (χ2v) is 5.37. The Labute approximate surface area is 104 Å². The number of carbonyl (C=O) groups is 1. The van der Waals surface area contributed by atoms with Gasteiger partial charge < -0.3 is 9.84 Å². The van der Waals surface area contributed by atoms with Crippen molar-refractivity contribution in [2.75, 3.05) is 6.61 Å². The third-order valence-corrected chi connectivity index (χ3v) is 3.65. The lowest BCUT2D eigenvalue weighted by Gasteiger charge is -2.42. The summed E-state index contributed by atoms with van der Waals surface area (Å²) in [7, 11) is 0. The zero-order valence-corrected chi connectivity index (χ0v) is 11.2. The largest absolute Gasteiger partial charge is 0.466 e. The summed E-state index contributed by atoms with van der Waals surface area (Å²) in [5.74, 6) is 0.156. The number of aliphatic hydroxyl groups is 1. The molecule has 0 amide bonds. The molecule has 3 atom stereocenters. The summed E-state index contributed by atoms with van der Waals surface area (Å²) in [5, 5.41) is 10.7. The summed E-state index contributed by atoms with van der Waals surface area (Å²) in [6.45, 7) is 10.1. The molecule has 17 heavy (non-hydrogen) atoms. The van der Waals surface area contributed by atoms with E-state index < -0.39 is 5.60 Å². The Hall–Kier alpha value is -0.830. The first-order chi connectivity index (χ1) is 7.89. The van der Waals surface area contributed by atoms with Crippen LogP contribution in [0.25, 0.3) is 0 Å². The Kier molecular flexibility index (Phi) is 4.75. The van der Waals surface area contributed by atoms with E-state index in [0.29, 0.717) is 18.9 Å². The first kappa shape index (κ1) is 14.2. The normalized spacial score (nSPS) is 33.2. The van der Waals surface area contributed by atoms with Crippen LogP contribution in [0, 0.1) is 11.8 Å². The van der Waals surface area contributed by atoms with E-state index in [0.717, 1.165) is 18.4 Å². The molecule has 0 aromatic heterocycles. The number of hydrogen-bond donors (Lipinski definition) is 1. The maximum Gasteiger partial charge on any atom is 0.308 e. The van der Waals surface area contributed by atoms with Crippen LogP contribution in [0.4, 0.5) is 0 Å². The highest BCUT2D eigenvalue weighted by molar-refractivity contribution is 5.70. The molecule has 1 saturated carbocycles. The highest BCUT2D eigenvalue weighted by atomic mass is 16.5. The van der Waals surface area contributed by atoms with Crippen molar-refractivity contribution in [3.63, 3.8) is 0 Å². The summed E-state index contributed by atoms with van der Waals surface area (Å²) in [4.78, 5) is 11.6. The van der Waals surface area contributed by atoms with Crippen LogP contribution in [-0.4, -0.2) is 23.3 Å². The van der Waals surface area contributed by atoms with Gasteiger partial charge in [0.05, 0.1) is 18.6 Å². The van der Waals surface area contributed by atoms with Crippen molar-refractivity contribution in [3.05, 3.63) is 12.2 Å². The zero-order chi connectivity index (χ0) is 13.1. The van der Waals surface area contributed by atoms with Gasteiger partial charge in [-0.05, 0) is 39.0 Å². The van der Waals surface area contributed by atoms with Crippen LogP contribution >= 0.6 is 0 Å². The molecule has 1 rings (SSSR count). The van der Waals surface area contributed by atoms with E-state index in [1.807, 2.05) is 6.92 Å². The number of hydrogen-bond acceptors (Lipinski definition) is 3. The molecule has 1 aliphatic rings. The standard InChI is InChI=1S/C14H24O3/c1-5-17-13(15)9-14(16)8-11(4)6-7-12(14)10(2)3/h11-12,16H,2,5-9H2,1,3-4H3/t11-,12+,14-/m1/s1. The van der Waals surface area contributed by atoms with Crippen molar-refractivity contribution in [2.45, 2.75) is 52.1 Å². The van der Waals surface area contributed by atoms with Gasteiger partial charge in [-0.3, -0.25) is 4.79 Å².